The monoisotopic (exact) mass is 323 g/mol. The van der Waals surface area contributed by atoms with Crippen LogP contribution < -0.4 is 16.4 Å². The first-order valence-corrected chi connectivity index (χ1v) is 8.05. The number of thioether (sulfide) groups is 1. The van der Waals surface area contributed by atoms with Crippen LogP contribution >= 0.6 is 24.4 Å². The lowest BCUT2D eigenvalue weighted by molar-refractivity contribution is -0.141. The van der Waals surface area contributed by atoms with Crippen molar-refractivity contribution < 1.29 is 19.5 Å². The van der Waals surface area contributed by atoms with Crippen molar-refractivity contribution in [3.05, 3.63) is 0 Å². The molecule has 0 saturated carbocycles. The highest BCUT2D eigenvalue weighted by atomic mass is 32.2. The molecule has 5 N–H and O–H groups in total. The van der Waals surface area contributed by atoms with E-state index in [2.05, 4.69) is 23.3 Å². The van der Waals surface area contributed by atoms with Crippen LogP contribution in [0.1, 0.15) is 13.3 Å². The largest absolute Gasteiger partial charge is 0.480 e. The lowest BCUT2D eigenvalue weighted by Gasteiger charge is -2.21. The Bertz CT molecular complexity index is 353. The summed E-state index contributed by atoms with van der Waals surface area (Å²) in [7, 11) is 0. The van der Waals surface area contributed by atoms with Gasteiger partial charge in [0.2, 0.25) is 11.8 Å². The fourth-order valence-electron chi connectivity index (χ4n) is 1.27. The van der Waals surface area contributed by atoms with E-state index in [1.807, 2.05) is 6.26 Å². The van der Waals surface area contributed by atoms with Gasteiger partial charge in [-0.2, -0.15) is 24.4 Å². The van der Waals surface area contributed by atoms with Crippen LogP contribution in [0.15, 0.2) is 0 Å². The van der Waals surface area contributed by atoms with Crippen molar-refractivity contribution in [2.75, 3.05) is 17.8 Å². The molecule has 0 aliphatic rings. The molecule has 0 spiro atoms. The normalized spacial score (nSPS) is 15.0. The lowest BCUT2D eigenvalue weighted by atomic mass is 10.1. The molecule has 0 aromatic rings. The number of carbonyl (C=O) groups is 3. The number of nitrogens with one attached hydrogen (secondary N) is 2. The molecule has 3 atom stereocenters. The predicted octanol–water partition coefficient (Wildman–Crippen LogP) is -0.929. The van der Waals surface area contributed by atoms with Gasteiger partial charge in [0, 0.05) is 5.75 Å². The summed E-state index contributed by atoms with van der Waals surface area (Å²) in [5, 5.41) is 13.7. The molecule has 0 aromatic carbocycles. The molecule has 0 aliphatic heterocycles. The summed E-state index contributed by atoms with van der Waals surface area (Å²) in [6, 6.07) is -2.63. The third-order valence-corrected chi connectivity index (χ3v) is 3.46. The second kappa shape index (κ2) is 9.89. The topological polar surface area (TPSA) is 122 Å². The minimum Gasteiger partial charge on any atom is -0.480 e. The first kappa shape index (κ1) is 19.1. The molecule has 2 amide bonds. The lowest BCUT2D eigenvalue weighted by Crippen LogP contribution is -2.54. The van der Waals surface area contributed by atoms with Crippen molar-refractivity contribution in [1.29, 1.82) is 0 Å². The number of aliphatic carboxylic acids is 1. The Morgan fingerprint density at radius 1 is 1.25 bits per heavy atom. The van der Waals surface area contributed by atoms with Crippen LogP contribution in [-0.2, 0) is 14.4 Å². The SMILES string of the molecule is CSCCC(NC(=O)C(C)N)C(=O)NC(CS)C(=O)O. The maximum absolute atomic E-state index is 12.0. The van der Waals surface area contributed by atoms with Crippen LogP contribution in [-0.4, -0.2) is 58.8 Å². The summed E-state index contributed by atoms with van der Waals surface area (Å²) < 4.78 is 0. The van der Waals surface area contributed by atoms with E-state index in [9.17, 15) is 14.4 Å². The second-order valence-electron chi connectivity index (χ2n) is 4.21. The molecular formula is C11H21N3O4S2. The van der Waals surface area contributed by atoms with Gasteiger partial charge in [-0.3, -0.25) is 9.59 Å². The van der Waals surface area contributed by atoms with Gasteiger partial charge < -0.3 is 21.5 Å². The van der Waals surface area contributed by atoms with Gasteiger partial charge in [-0.1, -0.05) is 0 Å². The van der Waals surface area contributed by atoms with Gasteiger partial charge in [0.05, 0.1) is 6.04 Å². The number of thiol groups is 1. The summed E-state index contributed by atoms with van der Waals surface area (Å²) in [4.78, 5) is 34.4. The zero-order valence-corrected chi connectivity index (χ0v) is 13.2. The fraction of sp³-hybridized carbons (Fsp3) is 0.727. The number of rotatable bonds is 9. The molecule has 0 heterocycles. The molecule has 0 aromatic heterocycles. The van der Waals surface area contributed by atoms with Crippen LogP contribution in [0.3, 0.4) is 0 Å². The highest BCUT2D eigenvalue weighted by molar-refractivity contribution is 7.98. The summed E-state index contributed by atoms with van der Waals surface area (Å²) >= 11 is 5.38. The Hall–Kier alpha value is -0.930. The van der Waals surface area contributed by atoms with E-state index in [1.54, 1.807) is 0 Å². The number of carboxylic acid groups (broad SMARTS) is 1. The Morgan fingerprint density at radius 2 is 1.80 bits per heavy atom. The molecule has 0 fully saturated rings. The molecule has 116 valence electrons. The minimum absolute atomic E-state index is 0.0302. The highest BCUT2D eigenvalue weighted by Gasteiger charge is 2.26. The average Bonchev–Trinajstić information content (AvgIpc) is 2.39. The van der Waals surface area contributed by atoms with Crippen molar-refractivity contribution in [2.45, 2.75) is 31.5 Å². The third kappa shape index (κ3) is 7.01. The first-order valence-electron chi connectivity index (χ1n) is 6.02. The average molecular weight is 323 g/mol. The Kier molecular flexibility index (Phi) is 9.43. The Morgan fingerprint density at radius 3 is 2.20 bits per heavy atom. The number of nitrogens with two attached hydrogens (primary N) is 1. The smallest absolute Gasteiger partial charge is 0.327 e. The van der Waals surface area contributed by atoms with Crippen LogP contribution in [0.4, 0.5) is 0 Å². The molecule has 0 radical (unpaired) electrons. The van der Waals surface area contributed by atoms with E-state index in [0.29, 0.717) is 12.2 Å². The number of hydrogen-bond donors (Lipinski definition) is 5. The summed E-state index contributed by atoms with van der Waals surface area (Å²) in [6.07, 6.45) is 2.26. The molecule has 3 unspecified atom stereocenters. The van der Waals surface area contributed by atoms with E-state index < -0.39 is 35.9 Å². The predicted molar refractivity (Wildman–Crippen MR) is 82.0 cm³/mol. The molecular weight excluding hydrogens is 302 g/mol. The number of carbonyl (C=O) groups excluding carboxylic acids is 2. The van der Waals surface area contributed by atoms with Crippen LogP contribution in [0, 0.1) is 0 Å². The van der Waals surface area contributed by atoms with E-state index in [1.165, 1.54) is 18.7 Å². The van der Waals surface area contributed by atoms with Gasteiger partial charge in [-0.15, -0.1) is 0 Å². The summed E-state index contributed by atoms with van der Waals surface area (Å²) in [6.45, 7) is 1.51. The van der Waals surface area contributed by atoms with Crippen molar-refractivity contribution in [1.82, 2.24) is 10.6 Å². The van der Waals surface area contributed by atoms with Crippen LogP contribution in [0.5, 0.6) is 0 Å². The van der Waals surface area contributed by atoms with E-state index in [0.717, 1.165) is 0 Å². The molecule has 0 aliphatic carbocycles. The van der Waals surface area contributed by atoms with Crippen molar-refractivity contribution in [3.8, 4) is 0 Å². The van der Waals surface area contributed by atoms with Crippen molar-refractivity contribution in [2.24, 2.45) is 5.73 Å². The van der Waals surface area contributed by atoms with Gasteiger partial charge in [0.25, 0.3) is 0 Å². The maximum atomic E-state index is 12.0. The van der Waals surface area contributed by atoms with E-state index in [-0.39, 0.29) is 5.75 Å². The fourth-order valence-corrected chi connectivity index (χ4v) is 1.98. The van der Waals surface area contributed by atoms with Gasteiger partial charge in [0.1, 0.15) is 12.1 Å². The molecule has 20 heavy (non-hydrogen) atoms. The van der Waals surface area contributed by atoms with Crippen LogP contribution in [0.25, 0.3) is 0 Å². The van der Waals surface area contributed by atoms with E-state index in [4.69, 9.17) is 10.8 Å². The third-order valence-electron chi connectivity index (χ3n) is 2.45. The number of hydrogen-bond acceptors (Lipinski definition) is 6. The van der Waals surface area contributed by atoms with Gasteiger partial charge in [-0.25, -0.2) is 4.79 Å². The Labute approximate surface area is 127 Å². The maximum Gasteiger partial charge on any atom is 0.327 e. The number of amides is 2. The molecule has 9 heteroatoms. The standard InChI is InChI=1S/C11H21N3O4S2/c1-6(12)9(15)13-7(3-4-20-2)10(16)14-8(5-19)11(17)18/h6-8,19H,3-5,12H2,1-2H3,(H,13,15)(H,14,16)(H,17,18). The minimum atomic E-state index is -1.17. The van der Waals surface area contributed by atoms with Crippen LogP contribution in [0.2, 0.25) is 0 Å². The highest BCUT2D eigenvalue weighted by Crippen LogP contribution is 2.02. The molecule has 7 nitrogen and oxygen atoms in total. The Balaban J connectivity index is 4.70. The van der Waals surface area contributed by atoms with Gasteiger partial charge in [0.15, 0.2) is 0 Å². The second-order valence-corrected chi connectivity index (χ2v) is 5.56. The molecule has 0 bridgehead atoms. The zero-order chi connectivity index (χ0) is 15.7. The summed E-state index contributed by atoms with van der Waals surface area (Å²) in [5.41, 5.74) is 5.43. The van der Waals surface area contributed by atoms with E-state index >= 15 is 0 Å². The zero-order valence-electron chi connectivity index (χ0n) is 11.5. The summed E-state index contributed by atoms with van der Waals surface area (Å²) in [5.74, 6) is -1.55. The quantitative estimate of drug-likeness (QED) is 0.350. The molecule has 0 saturated heterocycles. The van der Waals surface area contributed by atoms with Crippen molar-refractivity contribution >= 4 is 42.2 Å². The van der Waals surface area contributed by atoms with Gasteiger partial charge >= 0.3 is 5.97 Å². The van der Waals surface area contributed by atoms with Gasteiger partial charge in [-0.05, 0) is 25.4 Å². The number of carboxylic acids is 1. The van der Waals surface area contributed by atoms with Crippen molar-refractivity contribution in [3.63, 3.8) is 0 Å². The molecule has 0 rings (SSSR count). The first-order chi connectivity index (χ1) is 9.33.